The lowest BCUT2D eigenvalue weighted by molar-refractivity contribution is -0.128. The Morgan fingerprint density at radius 1 is 1.04 bits per heavy atom. The van der Waals surface area contributed by atoms with E-state index >= 15 is 0 Å². The zero-order valence-electron chi connectivity index (χ0n) is 27.8. The first-order valence-corrected chi connectivity index (χ1v) is 16.9. The minimum absolute atomic E-state index is 0.103. The number of aryl methyl sites for hydroxylation is 1. The fourth-order valence-electron chi connectivity index (χ4n) is 7.41. The van der Waals surface area contributed by atoms with Gasteiger partial charge in [-0.05, 0) is 74.5 Å². The third kappa shape index (κ3) is 6.56. The Kier molecular flexibility index (Phi) is 9.21. The molecule has 0 aliphatic carbocycles. The van der Waals surface area contributed by atoms with E-state index < -0.39 is 0 Å². The van der Waals surface area contributed by atoms with Crippen LogP contribution in [-0.2, 0) is 17.8 Å². The molecule has 2 saturated heterocycles. The summed E-state index contributed by atoms with van der Waals surface area (Å²) in [6.07, 6.45) is 10.1. The van der Waals surface area contributed by atoms with Crippen LogP contribution in [-0.4, -0.2) is 89.1 Å². The average Bonchev–Trinajstić information content (AvgIpc) is 3.53. The summed E-state index contributed by atoms with van der Waals surface area (Å²) in [5.41, 5.74) is 5.43. The number of pyridine rings is 1. The van der Waals surface area contributed by atoms with Gasteiger partial charge in [-0.25, -0.2) is 0 Å². The highest BCUT2D eigenvalue weighted by Crippen LogP contribution is 2.36. The quantitative estimate of drug-likeness (QED) is 0.246. The molecule has 5 heterocycles. The molecule has 0 bridgehead atoms. The molecule has 4 aromatic rings. The number of benzene rings is 2. The van der Waals surface area contributed by atoms with Crippen LogP contribution in [0, 0.1) is 18.3 Å². The molecule has 10 nitrogen and oxygen atoms in total. The second-order valence-electron chi connectivity index (χ2n) is 13.1. The molecule has 0 saturated carbocycles. The zero-order chi connectivity index (χ0) is 33.0. The molecular formula is C38H42N8O2. The predicted molar refractivity (Wildman–Crippen MR) is 188 cm³/mol. The van der Waals surface area contributed by atoms with E-state index in [0.717, 1.165) is 48.6 Å². The second kappa shape index (κ2) is 14.0. The van der Waals surface area contributed by atoms with Crippen molar-refractivity contribution in [3.63, 3.8) is 0 Å². The maximum atomic E-state index is 13.3. The van der Waals surface area contributed by atoms with Gasteiger partial charge in [0.15, 0.2) is 0 Å². The first-order chi connectivity index (χ1) is 23.5. The molecule has 10 heteroatoms. The number of ether oxygens (including phenoxy) is 1. The normalized spacial score (nSPS) is 19.9. The summed E-state index contributed by atoms with van der Waals surface area (Å²) in [6.45, 7) is 6.89. The monoisotopic (exact) mass is 642 g/mol. The lowest BCUT2D eigenvalue weighted by Gasteiger charge is -2.42. The topological polar surface area (TPSA) is 102 Å². The maximum absolute atomic E-state index is 13.3. The predicted octanol–water partition coefficient (Wildman–Crippen LogP) is 5.01. The van der Waals surface area contributed by atoms with Crippen molar-refractivity contribution >= 4 is 34.3 Å². The summed E-state index contributed by atoms with van der Waals surface area (Å²) >= 11 is 0. The molecule has 48 heavy (non-hydrogen) atoms. The fraction of sp³-hybridized carbons (Fsp3) is 0.395. The Hall–Kier alpha value is -5.01. The van der Waals surface area contributed by atoms with Crippen molar-refractivity contribution in [2.75, 3.05) is 56.2 Å². The van der Waals surface area contributed by atoms with E-state index in [1.807, 2.05) is 17.0 Å². The molecule has 2 aromatic carbocycles. The van der Waals surface area contributed by atoms with E-state index in [-0.39, 0.29) is 18.4 Å². The van der Waals surface area contributed by atoms with Crippen LogP contribution < -0.4 is 14.5 Å². The van der Waals surface area contributed by atoms with Gasteiger partial charge in [0.05, 0.1) is 30.8 Å². The molecule has 3 aliphatic rings. The van der Waals surface area contributed by atoms with Crippen LogP contribution in [0.1, 0.15) is 41.6 Å². The number of aromatic nitrogens is 3. The van der Waals surface area contributed by atoms with E-state index in [0.29, 0.717) is 44.8 Å². The first kappa shape index (κ1) is 31.6. The highest BCUT2D eigenvalue weighted by Gasteiger charge is 2.34. The Labute approximate surface area is 282 Å². The number of likely N-dealkylation sites (tertiary alicyclic amines) is 1. The SMILES string of the molecule is Cc1cccc2cccc(N3CCc4c(nc(OCC5CCCN5C)nc4N4CCN(C(=O)/C=C/c5cccnc5)C(CC#N)C4)C3)c12. The van der Waals surface area contributed by atoms with Crippen molar-refractivity contribution in [2.24, 2.45) is 0 Å². The van der Waals surface area contributed by atoms with E-state index in [4.69, 9.17) is 14.7 Å². The summed E-state index contributed by atoms with van der Waals surface area (Å²) < 4.78 is 6.36. The van der Waals surface area contributed by atoms with Crippen molar-refractivity contribution in [3.8, 4) is 12.1 Å². The van der Waals surface area contributed by atoms with Crippen LogP contribution in [0.4, 0.5) is 11.5 Å². The van der Waals surface area contributed by atoms with Crippen LogP contribution >= 0.6 is 0 Å². The third-order valence-corrected chi connectivity index (χ3v) is 10.0. The number of anilines is 2. The van der Waals surface area contributed by atoms with Crippen LogP contribution in [0.15, 0.2) is 67.0 Å². The van der Waals surface area contributed by atoms with Gasteiger partial charge in [0.25, 0.3) is 0 Å². The fourth-order valence-corrected chi connectivity index (χ4v) is 7.41. The van der Waals surface area contributed by atoms with E-state index in [2.05, 4.69) is 76.1 Å². The Morgan fingerprint density at radius 2 is 1.92 bits per heavy atom. The van der Waals surface area contributed by atoms with Crippen molar-refractivity contribution in [1.82, 2.24) is 24.8 Å². The highest BCUT2D eigenvalue weighted by atomic mass is 16.5. The minimum Gasteiger partial charge on any atom is -0.462 e. The van der Waals surface area contributed by atoms with Crippen molar-refractivity contribution in [3.05, 3.63) is 89.4 Å². The van der Waals surface area contributed by atoms with E-state index in [9.17, 15) is 10.1 Å². The number of carbonyl (C=O) groups excluding carboxylic acids is 1. The van der Waals surface area contributed by atoms with Gasteiger partial charge in [-0.3, -0.25) is 9.78 Å². The Balaban J connectivity index is 1.18. The lowest BCUT2D eigenvalue weighted by atomic mass is 9.99. The van der Waals surface area contributed by atoms with Crippen LogP contribution in [0.3, 0.4) is 0 Å². The van der Waals surface area contributed by atoms with Crippen LogP contribution in [0.5, 0.6) is 6.01 Å². The summed E-state index contributed by atoms with van der Waals surface area (Å²) in [5.74, 6) is 0.763. The standard InChI is InChI=1S/C38H42N8O2/c1-27-7-3-9-29-10-4-12-34(36(27)29)44-20-16-32-33(25-44)41-38(48-26-31-11-6-19-43(31)2)42-37(32)45-21-22-46(30(24-45)15-17-39)35(47)14-13-28-8-5-18-40-23-28/h3-5,7-10,12-14,18,23,30-31H,6,11,15-16,19-22,24-26H2,1-2H3/b14-13+. The molecule has 2 atom stereocenters. The van der Waals surface area contributed by atoms with Gasteiger partial charge in [0.1, 0.15) is 12.4 Å². The van der Waals surface area contributed by atoms with Gasteiger partial charge in [-0.2, -0.15) is 15.2 Å². The number of fused-ring (bicyclic) bond motifs is 2. The second-order valence-corrected chi connectivity index (χ2v) is 13.1. The molecule has 7 rings (SSSR count). The third-order valence-electron chi connectivity index (χ3n) is 10.0. The van der Waals surface area contributed by atoms with Crippen molar-refractivity contribution in [1.29, 1.82) is 5.26 Å². The number of carbonyl (C=O) groups is 1. The zero-order valence-corrected chi connectivity index (χ0v) is 27.8. The van der Waals surface area contributed by atoms with Gasteiger partial charge in [-0.1, -0.05) is 36.4 Å². The van der Waals surface area contributed by atoms with E-state index in [1.54, 1.807) is 24.5 Å². The molecule has 2 fully saturated rings. The molecule has 2 unspecified atom stereocenters. The first-order valence-electron chi connectivity index (χ1n) is 16.9. The number of amides is 1. The summed E-state index contributed by atoms with van der Waals surface area (Å²) in [7, 11) is 2.15. The number of piperazine rings is 1. The van der Waals surface area contributed by atoms with E-state index in [1.165, 1.54) is 28.4 Å². The van der Waals surface area contributed by atoms with Crippen molar-refractivity contribution in [2.45, 2.75) is 51.2 Å². The lowest BCUT2D eigenvalue weighted by Crippen LogP contribution is -2.55. The molecule has 0 radical (unpaired) electrons. The number of nitriles is 1. The van der Waals surface area contributed by atoms with Gasteiger partial charge in [-0.15, -0.1) is 0 Å². The number of rotatable bonds is 8. The molecule has 3 aliphatic heterocycles. The number of hydrogen-bond acceptors (Lipinski definition) is 9. The number of likely N-dealkylation sites (N-methyl/N-ethyl adjacent to an activating group) is 1. The Morgan fingerprint density at radius 3 is 2.71 bits per heavy atom. The Bertz CT molecular complexity index is 1850. The molecule has 0 N–H and O–H groups in total. The van der Waals surface area contributed by atoms with Gasteiger partial charge in [0.2, 0.25) is 5.91 Å². The van der Waals surface area contributed by atoms with Gasteiger partial charge >= 0.3 is 6.01 Å². The molecule has 1 amide bonds. The maximum Gasteiger partial charge on any atom is 0.318 e. The summed E-state index contributed by atoms with van der Waals surface area (Å²) in [6, 6.07) is 19.5. The summed E-state index contributed by atoms with van der Waals surface area (Å²) in [5, 5.41) is 12.3. The van der Waals surface area contributed by atoms with Gasteiger partial charge in [0, 0.05) is 67.3 Å². The molecule has 246 valence electrons. The number of nitrogens with zero attached hydrogens (tertiary/aromatic N) is 8. The minimum atomic E-state index is -0.268. The average molecular weight is 643 g/mol. The molecular weight excluding hydrogens is 600 g/mol. The van der Waals surface area contributed by atoms with Gasteiger partial charge < -0.3 is 24.3 Å². The highest BCUT2D eigenvalue weighted by molar-refractivity contribution is 5.97. The molecule has 2 aromatic heterocycles. The number of hydrogen-bond donors (Lipinski definition) is 0. The smallest absolute Gasteiger partial charge is 0.318 e. The van der Waals surface area contributed by atoms with Crippen molar-refractivity contribution < 1.29 is 9.53 Å². The largest absolute Gasteiger partial charge is 0.462 e. The molecule has 0 spiro atoms. The van der Waals surface area contributed by atoms with Crippen LogP contribution in [0.25, 0.3) is 16.8 Å². The summed E-state index contributed by atoms with van der Waals surface area (Å²) in [4.78, 5) is 36.4. The van der Waals surface area contributed by atoms with Crippen LogP contribution in [0.2, 0.25) is 0 Å².